The second-order valence-corrected chi connectivity index (χ2v) is 6.33. The molecule has 0 aliphatic heterocycles. The number of ether oxygens (including phenoxy) is 2. The van der Waals surface area contributed by atoms with Gasteiger partial charge in [-0.3, -0.25) is 4.79 Å². The van der Waals surface area contributed by atoms with Crippen molar-refractivity contribution in [1.29, 1.82) is 0 Å². The molecule has 2 rings (SSSR count). The van der Waals surface area contributed by atoms with Crippen molar-refractivity contribution in [3.05, 3.63) is 54.1 Å². The largest absolute Gasteiger partial charge is 0.497 e. The molecule has 128 valence electrons. The van der Waals surface area contributed by atoms with E-state index in [1.54, 1.807) is 31.4 Å². The van der Waals surface area contributed by atoms with Crippen LogP contribution in [-0.2, 0) is 10.2 Å². The minimum absolute atomic E-state index is 0.0253. The van der Waals surface area contributed by atoms with Gasteiger partial charge in [0.15, 0.2) is 6.61 Å². The topological polar surface area (TPSA) is 47.6 Å². The number of nitrogens with one attached hydrogen (secondary N) is 1. The lowest BCUT2D eigenvalue weighted by atomic mass is 9.82. The Morgan fingerprint density at radius 1 is 1.00 bits per heavy atom. The van der Waals surface area contributed by atoms with Gasteiger partial charge in [-0.15, -0.1) is 0 Å². The predicted octanol–water partition coefficient (Wildman–Crippen LogP) is 4.40. The van der Waals surface area contributed by atoms with Crippen LogP contribution in [0, 0.1) is 0 Å². The quantitative estimate of drug-likeness (QED) is 0.820. The first-order valence-corrected chi connectivity index (χ1v) is 8.12. The molecule has 0 spiro atoms. The minimum atomic E-state index is -0.196. The average Bonchev–Trinajstić information content (AvgIpc) is 2.61. The molecule has 0 fully saturated rings. The van der Waals surface area contributed by atoms with Crippen LogP contribution in [0.1, 0.15) is 32.8 Å². The van der Waals surface area contributed by atoms with E-state index in [2.05, 4.69) is 38.2 Å². The van der Waals surface area contributed by atoms with Gasteiger partial charge in [-0.1, -0.05) is 32.9 Å². The highest BCUT2D eigenvalue weighted by atomic mass is 16.5. The fraction of sp³-hybridized carbons (Fsp3) is 0.350. The average molecular weight is 327 g/mol. The summed E-state index contributed by atoms with van der Waals surface area (Å²) in [7, 11) is 1.61. The Balaban J connectivity index is 1.87. The Hall–Kier alpha value is -2.49. The van der Waals surface area contributed by atoms with Crippen LogP contribution in [-0.4, -0.2) is 19.6 Å². The number of carbonyl (C=O) groups excluding carboxylic acids is 1. The first-order chi connectivity index (χ1) is 11.4. The fourth-order valence-electron chi connectivity index (χ4n) is 2.23. The summed E-state index contributed by atoms with van der Waals surface area (Å²) in [6, 6.07) is 15.1. The van der Waals surface area contributed by atoms with Crippen molar-refractivity contribution in [2.24, 2.45) is 0 Å². The van der Waals surface area contributed by atoms with Crippen LogP contribution in [0.5, 0.6) is 11.5 Å². The number of hydrogen-bond donors (Lipinski definition) is 1. The summed E-state index contributed by atoms with van der Waals surface area (Å²) in [4.78, 5) is 11.9. The zero-order valence-electron chi connectivity index (χ0n) is 14.8. The van der Waals surface area contributed by atoms with E-state index in [9.17, 15) is 4.79 Å². The van der Waals surface area contributed by atoms with Crippen molar-refractivity contribution in [2.75, 3.05) is 19.0 Å². The number of carbonyl (C=O) groups is 1. The number of anilines is 1. The van der Waals surface area contributed by atoms with Crippen LogP contribution in [0.25, 0.3) is 0 Å². The van der Waals surface area contributed by atoms with Gasteiger partial charge < -0.3 is 14.8 Å². The Morgan fingerprint density at radius 2 is 1.58 bits per heavy atom. The zero-order valence-corrected chi connectivity index (χ0v) is 14.8. The lowest BCUT2D eigenvalue weighted by Crippen LogP contribution is -2.20. The van der Waals surface area contributed by atoms with Gasteiger partial charge >= 0.3 is 0 Å². The molecule has 2 aromatic carbocycles. The van der Waals surface area contributed by atoms with E-state index in [1.807, 2.05) is 12.1 Å². The van der Waals surface area contributed by atoms with Gasteiger partial charge in [0.2, 0.25) is 0 Å². The van der Waals surface area contributed by atoms with Crippen LogP contribution < -0.4 is 14.8 Å². The lowest BCUT2D eigenvalue weighted by Gasteiger charge is -2.23. The van der Waals surface area contributed by atoms with Gasteiger partial charge in [0.25, 0.3) is 5.91 Å². The standard InChI is InChI=1S/C20H25NO3/c1-5-20(2,3)15-6-10-18(11-7-15)24-14-19(22)21-16-8-12-17(23-4)13-9-16/h6-13H,5,14H2,1-4H3,(H,21,22). The smallest absolute Gasteiger partial charge is 0.262 e. The molecule has 4 nitrogen and oxygen atoms in total. The van der Waals surface area contributed by atoms with E-state index in [-0.39, 0.29) is 17.9 Å². The summed E-state index contributed by atoms with van der Waals surface area (Å²) < 4.78 is 10.6. The molecule has 1 amide bonds. The Labute approximate surface area is 143 Å². The second-order valence-electron chi connectivity index (χ2n) is 6.33. The van der Waals surface area contributed by atoms with E-state index in [0.717, 1.165) is 12.2 Å². The van der Waals surface area contributed by atoms with Crippen molar-refractivity contribution in [1.82, 2.24) is 0 Å². The van der Waals surface area contributed by atoms with Crippen molar-refractivity contribution in [3.63, 3.8) is 0 Å². The van der Waals surface area contributed by atoms with Crippen LogP contribution in [0.4, 0.5) is 5.69 Å². The summed E-state index contributed by atoms with van der Waals surface area (Å²) in [5.74, 6) is 1.24. The molecule has 1 N–H and O–H groups in total. The first-order valence-electron chi connectivity index (χ1n) is 8.12. The molecule has 2 aromatic rings. The predicted molar refractivity (Wildman–Crippen MR) is 96.9 cm³/mol. The Kier molecular flexibility index (Phi) is 5.85. The number of hydrogen-bond acceptors (Lipinski definition) is 3. The van der Waals surface area contributed by atoms with Gasteiger partial charge in [0.1, 0.15) is 11.5 Å². The lowest BCUT2D eigenvalue weighted by molar-refractivity contribution is -0.118. The van der Waals surface area contributed by atoms with Crippen molar-refractivity contribution in [3.8, 4) is 11.5 Å². The molecule has 0 radical (unpaired) electrons. The third-order valence-corrected chi connectivity index (χ3v) is 4.26. The highest BCUT2D eigenvalue weighted by Crippen LogP contribution is 2.28. The second kappa shape index (κ2) is 7.86. The monoisotopic (exact) mass is 327 g/mol. The molecule has 0 aliphatic carbocycles. The van der Waals surface area contributed by atoms with E-state index in [1.165, 1.54) is 5.56 Å². The highest BCUT2D eigenvalue weighted by molar-refractivity contribution is 5.91. The SMILES string of the molecule is CCC(C)(C)c1ccc(OCC(=O)Nc2ccc(OC)cc2)cc1. The zero-order chi connectivity index (χ0) is 17.6. The third kappa shape index (κ3) is 4.75. The van der Waals surface area contributed by atoms with Crippen LogP contribution in [0.3, 0.4) is 0 Å². The number of rotatable bonds is 7. The molecule has 0 aromatic heterocycles. The number of amides is 1. The molecular weight excluding hydrogens is 302 g/mol. The first kappa shape index (κ1) is 17.9. The molecule has 0 saturated heterocycles. The molecule has 0 bridgehead atoms. The fourth-order valence-corrected chi connectivity index (χ4v) is 2.23. The third-order valence-electron chi connectivity index (χ3n) is 4.26. The van der Waals surface area contributed by atoms with E-state index in [0.29, 0.717) is 11.4 Å². The maximum Gasteiger partial charge on any atom is 0.262 e. The molecular formula is C20H25NO3. The van der Waals surface area contributed by atoms with Gasteiger partial charge in [-0.05, 0) is 53.8 Å². The Morgan fingerprint density at radius 3 is 2.12 bits per heavy atom. The maximum absolute atomic E-state index is 11.9. The van der Waals surface area contributed by atoms with Gasteiger partial charge in [0, 0.05) is 5.69 Å². The number of benzene rings is 2. The highest BCUT2D eigenvalue weighted by Gasteiger charge is 2.17. The Bertz CT molecular complexity index is 660. The summed E-state index contributed by atoms with van der Waals surface area (Å²) in [5, 5.41) is 2.79. The number of methoxy groups -OCH3 is 1. The molecule has 24 heavy (non-hydrogen) atoms. The van der Waals surface area contributed by atoms with Crippen LogP contribution in [0.2, 0.25) is 0 Å². The summed E-state index contributed by atoms with van der Waals surface area (Å²) in [6.45, 7) is 6.58. The van der Waals surface area contributed by atoms with E-state index < -0.39 is 0 Å². The molecule has 0 heterocycles. The van der Waals surface area contributed by atoms with Gasteiger partial charge in [-0.25, -0.2) is 0 Å². The molecule has 0 atom stereocenters. The summed E-state index contributed by atoms with van der Waals surface area (Å²) in [5.41, 5.74) is 2.12. The molecule has 0 saturated carbocycles. The van der Waals surface area contributed by atoms with Crippen molar-refractivity contribution < 1.29 is 14.3 Å². The van der Waals surface area contributed by atoms with Gasteiger partial charge in [-0.2, -0.15) is 0 Å². The summed E-state index contributed by atoms with van der Waals surface area (Å²) in [6.07, 6.45) is 1.07. The van der Waals surface area contributed by atoms with Crippen LogP contribution >= 0.6 is 0 Å². The van der Waals surface area contributed by atoms with Gasteiger partial charge in [0.05, 0.1) is 7.11 Å². The summed E-state index contributed by atoms with van der Waals surface area (Å²) >= 11 is 0. The van der Waals surface area contributed by atoms with Crippen molar-refractivity contribution in [2.45, 2.75) is 32.6 Å². The molecule has 4 heteroatoms. The van der Waals surface area contributed by atoms with Crippen molar-refractivity contribution >= 4 is 11.6 Å². The van der Waals surface area contributed by atoms with E-state index >= 15 is 0 Å². The molecule has 0 aliphatic rings. The molecule has 0 unspecified atom stereocenters. The maximum atomic E-state index is 11.9. The van der Waals surface area contributed by atoms with Crippen LogP contribution in [0.15, 0.2) is 48.5 Å². The minimum Gasteiger partial charge on any atom is -0.497 e. The van der Waals surface area contributed by atoms with E-state index in [4.69, 9.17) is 9.47 Å². The normalized spacial score (nSPS) is 11.0.